The summed E-state index contributed by atoms with van der Waals surface area (Å²) >= 11 is 0. The van der Waals surface area contributed by atoms with Gasteiger partial charge in [0.1, 0.15) is 17.6 Å². The molecule has 0 saturated heterocycles. The van der Waals surface area contributed by atoms with E-state index in [0.29, 0.717) is 12.2 Å². The Morgan fingerprint density at radius 1 is 1.17 bits per heavy atom. The van der Waals surface area contributed by atoms with E-state index in [1.54, 1.807) is 6.07 Å². The second-order valence-electron chi connectivity index (χ2n) is 6.06. The van der Waals surface area contributed by atoms with Gasteiger partial charge in [0.05, 0.1) is 13.7 Å². The molecular formula is C17H26N2O5. The zero-order valence-electron chi connectivity index (χ0n) is 14.7. The lowest BCUT2D eigenvalue weighted by molar-refractivity contribution is -0.145. The van der Waals surface area contributed by atoms with Gasteiger partial charge in [-0.3, -0.25) is 9.59 Å². The lowest BCUT2D eigenvalue weighted by atomic mass is 10.0. The number of esters is 1. The van der Waals surface area contributed by atoms with Gasteiger partial charge in [-0.2, -0.15) is 0 Å². The fraction of sp³-hybridized carbons (Fsp3) is 0.588. The number of hydrogen-bond acceptors (Lipinski definition) is 5. The van der Waals surface area contributed by atoms with Crippen LogP contribution >= 0.6 is 0 Å². The Labute approximate surface area is 142 Å². The molecule has 0 aliphatic carbocycles. The monoisotopic (exact) mass is 338 g/mol. The molecule has 1 atom stereocenters. The Kier molecular flexibility index (Phi) is 8.01. The van der Waals surface area contributed by atoms with Crippen molar-refractivity contribution in [1.29, 1.82) is 0 Å². The van der Waals surface area contributed by atoms with Gasteiger partial charge in [0.15, 0.2) is 0 Å². The van der Waals surface area contributed by atoms with Gasteiger partial charge in [0.25, 0.3) is 0 Å². The fourth-order valence-corrected chi connectivity index (χ4v) is 2.18. The van der Waals surface area contributed by atoms with E-state index in [0.717, 1.165) is 5.76 Å². The van der Waals surface area contributed by atoms with Crippen LogP contribution in [-0.2, 0) is 25.7 Å². The van der Waals surface area contributed by atoms with Crippen LogP contribution in [0.3, 0.4) is 0 Å². The Hall–Kier alpha value is -2.31. The summed E-state index contributed by atoms with van der Waals surface area (Å²) in [5.41, 5.74) is 0. The summed E-state index contributed by atoms with van der Waals surface area (Å²) in [6.07, 6.45) is 0.540. The number of furan rings is 1. The minimum atomic E-state index is -0.684. The second kappa shape index (κ2) is 9.75. The summed E-state index contributed by atoms with van der Waals surface area (Å²) in [6, 6.07) is 2.92. The maximum atomic E-state index is 11.9. The summed E-state index contributed by atoms with van der Waals surface area (Å²) in [6.45, 7) is 6.01. The molecule has 0 radical (unpaired) electrons. The Bertz CT molecular complexity index is 565. The van der Waals surface area contributed by atoms with Gasteiger partial charge in [0, 0.05) is 12.8 Å². The van der Waals surface area contributed by atoms with Crippen molar-refractivity contribution in [3.63, 3.8) is 0 Å². The van der Waals surface area contributed by atoms with Crippen molar-refractivity contribution in [1.82, 2.24) is 10.6 Å². The van der Waals surface area contributed by atoms with Gasteiger partial charge in [-0.15, -0.1) is 0 Å². The molecule has 2 amide bonds. The smallest absolute Gasteiger partial charge is 0.328 e. The van der Waals surface area contributed by atoms with E-state index >= 15 is 0 Å². The summed E-state index contributed by atoms with van der Waals surface area (Å²) in [7, 11) is 1.28. The predicted molar refractivity (Wildman–Crippen MR) is 87.9 cm³/mol. The molecule has 0 aliphatic heterocycles. The lowest BCUT2D eigenvalue weighted by Crippen LogP contribution is -2.42. The van der Waals surface area contributed by atoms with Gasteiger partial charge >= 0.3 is 5.97 Å². The summed E-state index contributed by atoms with van der Waals surface area (Å²) in [5, 5.41) is 5.30. The summed E-state index contributed by atoms with van der Waals surface area (Å²) in [5.74, 6) is 0.586. The standard InChI is InChI=1S/C17H26N2O5/c1-11(2)9-14(17(22)23-4)19-16(21)8-7-15(20)18-10-13-6-5-12(3)24-13/h5-6,11,14H,7-10H2,1-4H3,(H,18,20)(H,19,21). The average Bonchev–Trinajstić information content (AvgIpc) is 2.94. The van der Waals surface area contributed by atoms with Crippen LogP contribution in [0.5, 0.6) is 0 Å². The molecular weight excluding hydrogens is 312 g/mol. The predicted octanol–water partition coefficient (Wildman–Crippen LogP) is 1.69. The SMILES string of the molecule is COC(=O)C(CC(C)C)NC(=O)CCC(=O)NCc1ccc(C)o1. The third-order valence-electron chi connectivity index (χ3n) is 3.36. The first kappa shape index (κ1) is 19.7. The van der Waals surface area contributed by atoms with Crippen molar-refractivity contribution in [3.05, 3.63) is 23.7 Å². The maximum Gasteiger partial charge on any atom is 0.328 e. The summed E-state index contributed by atoms with van der Waals surface area (Å²) < 4.78 is 10.0. The molecule has 1 aromatic rings. The van der Waals surface area contributed by atoms with Crippen LogP contribution in [0.2, 0.25) is 0 Å². The highest BCUT2D eigenvalue weighted by atomic mass is 16.5. The molecule has 0 aliphatic rings. The molecule has 0 fully saturated rings. The highest BCUT2D eigenvalue weighted by Gasteiger charge is 2.22. The van der Waals surface area contributed by atoms with Crippen LogP contribution in [-0.4, -0.2) is 30.9 Å². The number of carbonyl (C=O) groups is 3. The van der Waals surface area contributed by atoms with E-state index < -0.39 is 12.0 Å². The van der Waals surface area contributed by atoms with Crippen LogP contribution in [0.1, 0.15) is 44.6 Å². The maximum absolute atomic E-state index is 11.9. The van der Waals surface area contributed by atoms with Crippen molar-refractivity contribution in [2.24, 2.45) is 5.92 Å². The van der Waals surface area contributed by atoms with Crippen LogP contribution < -0.4 is 10.6 Å². The van der Waals surface area contributed by atoms with Crippen molar-refractivity contribution in [2.45, 2.75) is 52.6 Å². The van der Waals surface area contributed by atoms with E-state index in [1.165, 1.54) is 7.11 Å². The summed E-state index contributed by atoms with van der Waals surface area (Å²) in [4.78, 5) is 35.3. The van der Waals surface area contributed by atoms with Crippen molar-refractivity contribution >= 4 is 17.8 Å². The molecule has 2 N–H and O–H groups in total. The van der Waals surface area contributed by atoms with Gasteiger partial charge in [-0.05, 0) is 31.4 Å². The van der Waals surface area contributed by atoms with E-state index in [9.17, 15) is 14.4 Å². The highest BCUT2D eigenvalue weighted by molar-refractivity contribution is 5.87. The molecule has 0 bridgehead atoms. The minimum Gasteiger partial charge on any atom is -0.467 e. The normalized spacial score (nSPS) is 11.9. The van der Waals surface area contributed by atoms with Crippen molar-refractivity contribution in [3.8, 4) is 0 Å². The minimum absolute atomic E-state index is 0.00854. The first-order chi connectivity index (χ1) is 11.3. The number of amides is 2. The van der Waals surface area contributed by atoms with Crippen LogP contribution in [0.25, 0.3) is 0 Å². The molecule has 0 aromatic carbocycles. The van der Waals surface area contributed by atoms with Crippen LogP contribution in [0, 0.1) is 12.8 Å². The van der Waals surface area contributed by atoms with Crippen molar-refractivity contribution in [2.75, 3.05) is 7.11 Å². The molecule has 1 rings (SSSR count). The van der Waals surface area contributed by atoms with E-state index in [2.05, 4.69) is 15.4 Å². The number of carbonyl (C=O) groups excluding carboxylic acids is 3. The van der Waals surface area contributed by atoms with Crippen molar-refractivity contribution < 1.29 is 23.5 Å². The van der Waals surface area contributed by atoms with Gasteiger partial charge in [-0.25, -0.2) is 4.79 Å². The van der Waals surface area contributed by atoms with Crippen LogP contribution in [0.4, 0.5) is 0 Å². The third-order valence-corrected chi connectivity index (χ3v) is 3.36. The molecule has 7 heteroatoms. The molecule has 0 spiro atoms. The third kappa shape index (κ3) is 7.30. The number of hydrogen-bond donors (Lipinski definition) is 2. The molecule has 1 heterocycles. The molecule has 1 aromatic heterocycles. The first-order valence-electron chi connectivity index (χ1n) is 8.01. The molecule has 134 valence electrons. The number of ether oxygens (including phenoxy) is 1. The zero-order valence-corrected chi connectivity index (χ0v) is 14.7. The van der Waals surface area contributed by atoms with Gasteiger partial charge in [-0.1, -0.05) is 13.8 Å². The largest absolute Gasteiger partial charge is 0.467 e. The quantitative estimate of drug-likeness (QED) is 0.668. The molecule has 0 saturated carbocycles. The van der Waals surface area contributed by atoms with Gasteiger partial charge in [0.2, 0.25) is 11.8 Å². The van der Waals surface area contributed by atoms with E-state index in [-0.39, 0.29) is 37.1 Å². The molecule has 1 unspecified atom stereocenters. The zero-order chi connectivity index (χ0) is 18.1. The fourth-order valence-electron chi connectivity index (χ4n) is 2.18. The van der Waals surface area contributed by atoms with E-state index in [4.69, 9.17) is 4.42 Å². The second-order valence-corrected chi connectivity index (χ2v) is 6.06. The van der Waals surface area contributed by atoms with Gasteiger partial charge < -0.3 is 19.8 Å². The Morgan fingerprint density at radius 2 is 1.83 bits per heavy atom. The Balaban J connectivity index is 2.35. The number of nitrogens with one attached hydrogen (secondary N) is 2. The number of aryl methyl sites for hydroxylation is 1. The van der Waals surface area contributed by atoms with Crippen LogP contribution in [0.15, 0.2) is 16.5 Å². The molecule has 7 nitrogen and oxygen atoms in total. The first-order valence-corrected chi connectivity index (χ1v) is 8.01. The lowest BCUT2D eigenvalue weighted by Gasteiger charge is -2.18. The highest BCUT2D eigenvalue weighted by Crippen LogP contribution is 2.07. The molecule has 24 heavy (non-hydrogen) atoms. The number of methoxy groups -OCH3 is 1. The van der Waals surface area contributed by atoms with E-state index in [1.807, 2.05) is 26.8 Å². The number of rotatable bonds is 9. The average molecular weight is 338 g/mol. The Morgan fingerprint density at radius 3 is 2.38 bits per heavy atom. The topological polar surface area (TPSA) is 97.6 Å².